The molecule has 0 radical (unpaired) electrons. The number of rotatable bonds is 0. The zero-order valence-corrected chi connectivity index (χ0v) is 14.1. The number of hydrogen-bond donors (Lipinski definition) is 0. The maximum atomic E-state index is 2.67. The minimum absolute atomic E-state index is 0.589. The fourth-order valence-corrected chi connectivity index (χ4v) is 6.83. The SMILES string of the molecule is C1=C2/CCCCC3=C4CCCC/C2=C2/CCCC42C3CCC/1. The Labute approximate surface area is 135 Å². The lowest BCUT2D eigenvalue weighted by molar-refractivity contribution is 0.206. The van der Waals surface area contributed by atoms with E-state index in [-0.39, 0.29) is 0 Å². The Hall–Kier alpha value is -0.780. The van der Waals surface area contributed by atoms with Crippen LogP contribution in [-0.2, 0) is 0 Å². The van der Waals surface area contributed by atoms with Crippen molar-refractivity contribution in [2.45, 2.75) is 89.9 Å². The molecule has 0 heteroatoms. The molecule has 2 unspecified atom stereocenters. The van der Waals surface area contributed by atoms with Crippen LogP contribution in [0.5, 0.6) is 0 Å². The summed E-state index contributed by atoms with van der Waals surface area (Å²) >= 11 is 0. The lowest BCUT2D eigenvalue weighted by atomic mass is 9.49. The van der Waals surface area contributed by atoms with E-state index in [0.29, 0.717) is 5.41 Å². The molecule has 2 atom stereocenters. The van der Waals surface area contributed by atoms with Gasteiger partial charge in [0.2, 0.25) is 0 Å². The van der Waals surface area contributed by atoms with Crippen LogP contribution in [0.1, 0.15) is 89.9 Å². The quantitative estimate of drug-likeness (QED) is 0.439. The van der Waals surface area contributed by atoms with Gasteiger partial charge in [-0.15, -0.1) is 0 Å². The molecule has 6 aliphatic rings. The summed E-state index contributed by atoms with van der Waals surface area (Å²) in [6.45, 7) is 0. The summed E-state index contributed by atoms with van der Waals surface area (Å²) in [6.07, 6.45) is 22.8. The molecule has 1 spiro atoms. The van der Waals surface area contributed by atoms with Gasteiger partial charge >= 0.3 is 0 Å². The third-order valence-electron chi connectivity index (χ3n) is 7.56. The van der Waals surface area contributed by atoms with Crippen molar-refractivity contribution in [3.63, 3.8) is 0 Å². The highest BCUT2D eigenvalue weighted by Gasteiger charge is 2.56. The highest BCUT2D eigenvalue weighted by atomic mass is 14.6. The second-order valence-electron chi connectivity index (χ2n) is 8.41. The molecule has 0 N–H and O–H groups in total. The molecule has 6 rings (SSSR count). The molecule has 0 aromatic heterocycles. The summed E-state index contributed by atoms with van der Waals surface area (Å²) in [5, 5.41) is 0. The molecule has 6 bridgehead atoms. The van der Waals surface area contributed by atoms with Crippen molar-refractivity contribution >= 4 is 0 Å². The smallest absolute Gasteiger partial charge is 0.0195 e. The fourth-order valence-electron chi connectivity index (χ4n) is 6.83. The van der Waals surface area contributed by atoms with Crippen molar-refractivity contribution in [1.29, 1.82) is 0 Å². The second-order valence-corrected chi connectivity index (χ2v) is 8.41. The summed E-state index contributed by atoms with van der Waals surface area (Å²) in [6, 6.07) is 0. The first-order valence-corrected chi connectivity index (χ1v) is 10.1. The molecular weight excluding hydrogens is 264 g/mol. The van der Waals surface area contributed by atoms with Crippen LogP contribution in [0.3, 0.4) is 0 Å². The van der Waals surface area contributed by atoms with E-state index < -0.39 is 0 Å². The first-order chi connectivity index (χ1) is 10.9. The van der Waals surface area contributed by atoms with Crippen LogP contribution < -0.4 is 0 Å². The molecule has 1 saturated carbocycles. The zero-order chi connectivity index (χ0) is 14.6. The highest BCUT2D eigenvalue weighted by Crippen LogP contribution is 2.68. The van der Waals surface area contributed by atoms with E-state index in [2.05, 4.69) is 6.08 Å². The minimum atomic E-state index is 0.589. The lowest BCUT2D eigenvalue weighted by Gasteiger charge is -2.55. The number of fused-ring (bicyclic) bond motifs is 3. The van der Waals surface area contributed by atoms with E-state index in [1.54, 1.807) is 5.57 Å². The average Bonchev–Trinajstić information content (AvgIpc) is 2.95. The van der Waals surface area contributed by atoms with Gasteiger partial charge in [-0.1, -0.05) is 22.8 Å². The molecule has 6 aliphatic carbocycles. The van der Waals surface area contributed by atoms with Crippen LogP contribution in [0.15, 0.2) is 33.9 Å². The molecular formula is C22H30. The van der Waals surface area contributed by atoms with Crippen molar-refractivity contribution in [2.24, 2.45) is 11.3 Å². The van der Waals surface area contributed by atoms with Gasteiger partial charge in [-0.05, 0) is 107 Å². The maximum absolute atomic E-state index is 2.67. The first kappa shape index (κ1) is 13.6. The molecule has 1 fully saturated rings. The predicted octanol–water partition coefficient (Wildman–Crippen LogP) is 6.64. The Balaban J connectivity index is 1.79. The van der Waals surface area contributed by atoms with Gasteiger partial charge in [-0.2, -0.15) is 0 Å². The van der Waals surface area contributed by atoms with Crippen molar-refractivity contribution in [1.82, 2.24) is 0 Å². The maximum Gasteiger partial charge on any atom is 0.0195 e. The van der Waals surface area contributed by atoms with Gasteiger partial charge < -0.3 is 0 Å². The Bertz CT molecular complexity index is 585. The Kier molecular flexibility index (Phi) is 3.17. The van der Waals surface area contributed by atoms with Crippen LogP contribution in [0.25, 0.3) is 0 Å². The van der Waals surface area contributed by atoms with Crippen LogP contribution in [0.4, 0.5) is 0 Å². The van der Waals surface area contributed by atoms with Crippen molar-refractivity contribution in [3.8, 4) is 0 Å². The van der Waals surface area contributed by atoms with Gasteiger partial charge in [0.15, 0.2) is 0 Å². The van der Waals surface area contributed by atoms with E-state index in [1.807, 2.05) is 22.3 Å². The monoisotopic (exact) mass is 294 g/mol. The molecule has 22 heavy (non-hydrogen) atoms. The van der Waals surface area contributed by atoms with Gasteiger partial charge in [-0.3, -0.25) is 0 Å². The van der Waals surface area contributed by atoms with E-state index in [0.717, 1.165) is 5.92 Å². The van der Waals surface area contributed by atoms with Crippen LogP contribution in [0.2, 0.25) is 0 Å². The van der Waals surface area contributed by atoms with Crippen molar-refractivity contribution in [3.05, 3.63) is 33.9 Å². The van der Waals surface area contributed by atoms with E-state index in [9.17, 15) is 0 Å². The molecule has 0 amide bonds. The summed E-state index contributed by atoms with van der Waals surface area (Å²) in [4.78, 5) is 0. The highest BCUT2D eigenvalue weighted by molar-refractivity contribution is 5.54. The fraction of sp³-hybridized carbons (Fsp3) is 0.727. The van der Waals surface area contributed by atoms with Gasteiger partial charge in [0.25, 0.3) is 0 Å². The zero-order valence-electron chi connectivity index (χ0n) is 14.1. The normalized spacial score (nSPS) is 43.5. The molecule has 0 aromatic carbocycles. The number of hydrogen-bond acceptors (Lipinski definition) is 0. The molecule has 0 aliphatic heterocycles. The topological polar surface area (TPSA) is 0 Å². The third kappa shape index (κ3) is 1.70. The van der Waals surface area contributed by atoms with Crippen LogP contribution in [-0.4, -0.2) is 0 Å². The van der Waals surface area contributed by atoms with E-state index >= 15 is 0 Å². The standard InChI is InChI=1S/C22H30/c1-3-11-18-20-12-5-2-9-16(8-1)17-10-4-6-13-21(18)22(20)15-7-14-19(17)22/h9,20H,1-8,10-15H2/b16-9-,19-17+. The predicted molar refractivity (Wildman–Crippen MR) is 92.7 cm³/mol. The van der Waals surface area contributed by atoms with Gasteiger partial charge in [0.05, 0.1) is 0 Å². The van der Waals surface area contributed by atoms with Crippen LogP contribution in [0, 0.1) is 11.3 Å². The summed E-state index contributed by atoms with van der Waals surface area (Å²) in [5.41, 5.74) is 10.2. The molecule has 0 heterocycles. The summed E-state index contributed by atoms with van der Waals surface area (Å²) in [7, 11) is 0. The second kappa shape index (κ2) is 5.11. The molecule has 0 aromatic rings. The molecule has 0 saturated heterocycles. The summed E-state index contributed by atoms with van der Waals surface area (Å²) in [5.74, 6) is 0.957. The molecule has 0 nitrogen and oxygen atoms in total. The van der Waals surface area contributed by atoms with Crippen molar-refractivity contribution in [2.75, 3.05) is 0 Å². The Morgan fingerprint density at radius 3 is 2.59 bits per heavy atom. The Morgan fingerprint density at radius 2 is 1.59 bits per heavy atom. The van der Waals surface area contributed by atoms with Crippen molar-refractivity contribution < 1.29 is 0 Å². The average molecular weight is 294 g/mol. The molecule has 118 valence electrons. The Morgan fingerprint density at radius 1 is 0.773 bits per heavy atom. The van der Waals surface area contributed by atoms with Crippen LogP contribution >= 0.6 is 0 Å². The first-order valence-electron chi connectivity index (χ1n) is 10.1. The largest absolute Gasteiger partial charge is 0.0810 e. The lowest BCUT2D eigenvalue weighted by Crippen LogP contribution is -2.44. The number of allylic oxidation sites excluding steroid dienone is 6. The van der Waals surface area contributed by atoms with Gasteiger partial charge in [-0.25, -0.2) is 0 Å². The van der Waals surface area contributed by atoms with E-state index in [4.69, 9.17) is 0 Å². The third-order valence-corrected chi connectivity index (χ3v) is 7.56. The summed E-state index contributed by atoms with van der Waals surface area (Å²) < 4.78 is 0. The minimum Gasteiger partial charge on any atom is -0.0810 e. The van der Waals surface area contributed by atoms with Gasteiger partial charge in [0, 0.05) is 5.41 Å². The van der Waals surface area contributed by atoms with Gasteiger partial charge in [0.1, 0.15) is 0 Å². The van der Waals surface area contributed by atoms with E-state index in [1.165, 1.54) is 89.9 Å².